The summed E-state index contributed by atoms with van der Waals surface area (Å²) in [5.74, 6) is 1.54. The summed E-state index contributed by atoms with van der Waals surface area (Å²) in [4.78, 5) is 7.91. The third-order valence-electron chi connectivity index (χ3n) is 1.56. The van der Waals surface area contributed by atoms with Gasteiger partial charge in [-0.3, -0.25) is 0 Å². The monoisotopic (exact) mass is 232 g/mol. The van der Waals surface area contributed by atoms with Gasteiger partial charge in [0.1, 0.15) is 16.5 Å². The predicted octanol–water partition coefficient (Wildman–Crippen LogP) is 2.37. The maximum atomic E-state index is 9.09. The van der Waals surface area contributed by atoms with Gasteiger partial charge in [-0.2, -0.15) is 0 Å². The molecule has 0 atom stereocenters. The van der Waals surface area contributed by atoms with E-state index in [1.165, 1.54) is 6.33 Å². The molecular weight excluding hydrogens is 220 g/mol. The Bertz CT molecular complexity index is 307. The van der Waals surface area contributed by atoms with Gasteiger partial charge in [0, 0.05) is 11.3 Å². The van der Waals surface area contributed by atoms with E-state index in [1.807, 2.05) is 0 Å². The lowest BCUT2D eigenvalue weighted by Gasteiger charge is -2.07. The van der Waals surface area contributed by atoms with E-state index in [0.29, 0.717) is 16.6 Å². The van der Waals surface area contributed by atoms with Crippen LogP contribution in [0.15, 0.2) is 11.4 Å². The van der Waals surface area contributed by atoms with E-state index < -0.39 is 0 Å². The fraction of sp³-hybridized carbons (Fsp3) is 0.556. The zero-order valence-corrected chi connectivity index (χ0v) is 9.77. The number of thioether (sulfide) groups is 1. The molecule has 1 N–H and O–H groups in total. The molecule has 5 heteroatoms. The number of hydrogen-bond donors (Lipinski definition) is 1. The highest BCUT2D eigenvalue weighted by Crippen LogP contribution is 2.25. The van der Waals surface area contributed by atoms with Gasteiger partial charge < -0.3 is 5.11 Å². The molecule has 0 amide bonds. The van der Waals surface area contributed by atoms with Crippen molar-refractivity contribution < 1.29 is 5.11 Å². The lowest BCUT2D eigenvalue weighted by molar-refractivity contribution is 0.277. The average molecular weight is 233 g/mol. The SMILES string of the molecule is CC(C)CSc1ncnc(Cl)c1CO. The maximum Gasteiger partial charge on any atom is 0.139 e. The van der Waals surface area contributed by atoms with Crippen molar-refractivity contribution >= 4 is 23.4 Å². The molecule has 0 saturated heterocycles. The molecule has 0 fully saturated rings. The van der Waals surface area contributed by atoms with E-state index in [-0.39, 0.29) is 6.61 Å². The van der Waals surface area contributed by atoms with Crippen LogP contribution in [0.3, 0.4) is 0 Å². The summed E-state index contributed by atoms with van der Waals surface area (Å²) >= 11 is 7.42. The first-order chi connectivity index (χ1) is 6.65. The van der Waals surface area contributed by atoms with Gasteiger partial charge in [0.25, 0.3) is 0 Å². The Kier molecular flexibility index (Phi) is 4.65. The number of rotatable bonds is 4. The molecular formula is C9H13ClN2OS. The van der Waals surface area contributed by atoms with Crippen LogP contribution in [-0.4, -0.2) is 20.8 Å². The van der Waals surface area contributed by atoms with Crippen LogP contribution >= 0.6 is 23.4 Å². The second-order valence-electron chi connectivity index (χ2n) is 3.31. The highest BCUT2D eigenvalue weighted by Gasteiger charge is 2.09. The second kappa shape index (κ2) is 5.53. The summed E-state index contributed by atoms with van der Waals surface area (Å²) < 4.78 is 0. The van der Waals surface area contributed by atoms with Gasteiger partial charge in [0.15, 0.2) is 0 Å². The Hall–Kier alpha value is -0.320. The number of nitrogens with zero attached hydrogens (tertiary/aromatic N) is 2. The molecule has 0 radical (unpaired) electrons. The van der Waals surface area contributed by atoms with Gasteiger partial charge in [-0.15, -0.1) is 11.8 Å². The lowest BCUT2D eigenvalue weighted by Crippen LogP contribution is -1.98. The lowest BCUT2D eigenvalue weighted by atomic mass is 10.3. The van der Waals surface area contributed by atoms with E-state index in [1.54, 1.807) is 11.8 Å². The minimum Gasteiger partial charge on any atom is -0.391 e. The summed E-state index contributed by atoms with van der Waals surface area (Å²) in [6, 6.07) is 0. The summed E-state index contributed by atoms with van der Waals surface area (Å²) in [7, 11) is 0. The Balaban J connectivity index is 2.80. The quantitative estimate of drug-likeness (QED) is 0.640. The third-order valence-corrected chi connectivity index (χ3v) is 3.35. The molecule has 14 heavy (non-hydrogen) atoms. The van der Waals surface area contributed by atoms with Crippen LogP contribution in [0.4, 0.5) is 0 Å². The second-order valence-corrected chi connectivity index (χ2v) is 4.68. The number of aliphatic hydroxyl groups excluding tert-OH is 1. The van der Waals surface area contributed by atoms with Gasteiger partial charge >= 0.3 is 0 Å². The zero-order chi connectivity index (χ0) is 10.6. The molecule has 0 aliphatic heterocycles. The van der Waals surface area contributed by atoms with Crippen molar-refractivity contribution in [3.63, 3.8) is 0 Å². The predicted molar refractivity (Wildman–Crippen MR) is 58.5 cm³/mol. The molecule has 0 bridgehead atoms. The summed E-state index contributed by atoms with van der Waals surface area (Å²) in [5, 5.41) is 10.2. The van der Waals surface area contributed by atoms with Crippen molar-refractivity contribution in [2.24, 2.45) is 5.92 Å². The first kappa shape index (κ1) is 11.8. The van der Waals surface area contributed by atoms with E-state index in [2.05, 4.69) is 23.8 Å². The van der Waals surface area contributed by atoms with Crippen molar-refractivity contribution in [1.29, 1.82) is 0 Å². The van der Waals surface area contributed by atoms with Crippen molar-refractivity contribution in [3.05, 3.63) is 17.0 Å². The Labute approximate surface area is 92.9 Å². The van der Waals surface area contributed by atoms with Crippen LogP contribution in [0.1, 0.15) is 19.4 Å². The highest BCUT2D eigenvalue weighted by molar-refractivity contribution is 7.99. The zero-order valence-electron chi connectivity index (χ0n) is 8.20. The Morgan fingerprint density at radius 2 is 2.21 bits per heavy atom. The molecule has 1 aromatic rings. The van der Waals surface area contributed by atoms with Crippen LogP contribution in [0, 0.1) is 5.92 Å². The fourth-order valence-electron chi connectivity index (χ4n) is 0.879. The smallest absolute Gasteiger partial charge is 0.139 e. The van der Waals surface area contributed by atoms with Crippen molar-refractivity contribution in [2.75, 3.05) is 5.75 Å². The molecule has 0 saturated carbocycles. The molecule has 0 aliphatic carbocycles. The molecule has 0 spiro atoms. The van der Waals surface area contributed by atoms with Crippen molar-refractivity contribution in [3.8, 4) is 0 Å². The van der Waals surface area contributed by atoms with Gasteiger partial charge in [0.2, 0.25) is 0 Å². The standard InChI is InChI=1S/C9H13ClN2OS/c1-6(2)4-14-9-7(3-13)8(10)11-5-12-9/h5-6,13H,3-4H2,1-2H3. The largest absolute Gasteiger partial charge is 0.391 e. The van der Waals surface area contributed by atoms with Gasteiger partial charge in [-0.1, -0.05) is 25.4 Å². The van der Waals surface area contributed by atoms with E-state index >= 15 is 0 Å². The molecule has 1 heterocycles. The Morgan fingerprint density at radius 1 is 1.50 bits per heavy atom. The van der Waals surface area contributed by atoms with Crippen LogP contribution in [0.25, 0.3) is 0 Å². The molecule has 0 unspecified atom stereocenters. The molecule has 1 rings (SSSR count). The fourth-order valence-corrected chi connectivity index (χ4v) is 2.08. The van der Waals surface area contributed by atoms with Gasteiger partial charge in [0.05, 0.1) is 6.61 Å². The first-order valence-corrected chi connectivity index (χ1v) is 5.74. The summed E-state index contributed by atoms with van der Waals surface area (Å²) in [5.41, 5.74) is 0.625. The van der Waals surface area contributed by atoms with E-state index in [9.17, 15) is 0 Å². The molecule has 0 aliphatic rings. The van der Waals surface area contributed by atoms with E-state index in [4.69, 9.17) is 16.7 Å². The third kappa shape index (κ3) is 3.12. The number of hydrogen-bond acceptors (Lipinski definition) is 4. The molecule has 0 aromatic carbocycles. The minimum absolute atomic E-state index is 0.111. The topological polar surface area (TPSA) is 46.0 Å². The average Bonchev–Trinajstić information content (AvgIpc) is 2.14. The summed E-state index contributed by atoms with van der Waals surface area (Å²) in [6.45, 7) is 4.16. The number of aromatic nitrogens is 2. The van der Waals surface area contributed by atoms with Crippen molar-refractivity contribution in [1.82, 2.24) is 9.97 Å². The number of aliphatic hydroxyl groups is 1. The molecule has 3 nitrogen and oxygen atoms in total. The van der Waals surface area contributed by atoms with Crippen LogP contribution in [-0.2, 0) is 6.61 Å². The Morgan fingerprint density at radius 3 is 2.79 bits per heavy atom. The van der Waals surface area contributed by atoms with Crippen molar-refractivity contribution in [2.45, 2.75) is 25.5 Å². The summed E-state index contributed by atoms with van der Waals surface area (Å²) in [6.07, 6.45) is 1.42. The first-order valence-electron chi connectivity index (χ1n) is 4.38. The van der Waals surface area contributed by atoms with E-state index in [0.717, 1.165) is 10.8 Å². The number of halogens is 1. The highest BCUT2D eigenvalue weighted by atomic mass is 35.5. The van der Waals surface area contributed by atoms with Crippen LogP contribution in [0.2, 0.25) is 5.15 Å². The minimum atomic E-state index is -0.111. The van der Waals surface area contributed by atoms with Gasteiger partial charge in [-0.25, -0.2) is 9.97 Å². The van der Waals surface area contributed by atoms with Gasteiger partial charge in [-0.05, 0) is 5.92 Å². The normalized spacial score (nSPS) is 10.9. The van der Waals surface area contributed by atoms with Crippen LogP contribution < -0.4 is 0 Å². The van der Waals surface area contributed by atoms with Crippen LogP contribution in [0.5, 0.6) is 0 Å². The molecule has 1 aromatic heterocycles. The molecule has 78 valence electrons. The maximum absolute atomic E-state index is 9.09.